The Morgan fingerprint density at radius 2 is 2.00 bits per heavy atom. The first-order valence-corrected chi connectivity index (χ1v) is 4.04. The Kier molecular flexibility index (Phi) is 3.14. The molecule has 0 radical (unpaired) electrons. The van der Waals surface area contributed by atoms with E-state index in [0.717, 1.165) is 11.1 Å². The Labute approximate surface area is 77.9 Å². The summed E-state index contributed by atoms with van der Waals surface area (Å²) in [5, 5.41) is 9.64. The number of aromatic hydroxyl groups is 1. The molecule has 0 fully saturated rings. The molecule has 1 N–H and O–H groups in total. The van der Waals surface area contributed by atoms with E-state index in [-0.39, 0.29) is 5.75 Å². The van der Waals surface area contributed by atoms with E-state index in [1.807, 2.05) is 13.0 Å². The van der Waals surface area contributed by atoms with Crippen LogP contribution in [-0.4, -0.2) is 19.3 Å². The number of aryl methyl sites for hydroxylation is 1. The largest absolute Gasteiger partial charge is 0.504 e. The summed E-state index contributed by atoms with van der Waals surface area (Å²) < 4.78 is 9.95. The molecule has 0 spiro atoms. The van der Waals surface area contributed by atoms with Crippen molar-refractivity contribution in [3.8, 4) is 11.5 Å². The van der Waals surface area contributed by atoms with Crippen LogP contribution in [-0.2, 0) is 11.3 Å². The van der Waals surface area contributed by atoms with Gasteiger partial charge < -0.3 is 14.6 Å². The van der Waals surface area contributed by atoms with Gasteiger partial charge in [0.2, 0.25) is 0 Å². The van der Waals surface area contributed by atoms with Gasteiger partial charge in [-0.25, -0.2) is 0 Å². The smallest absolute Gasteiger partial charge is 0.163 e. The van der Waals surface area contributed by atoms with Gasteiger partial charge in [-0.2, -0.15) is 0 Å². The molecular formula is C10H14O3. The molecule has 1 aromatic carbocycles. The lowest BCUT2D eigenvalue weighted by atomic mass is 10.1. The van der Waals surface area contributed by atoms with Crippen LogP contribution in [0.3, 0.4) is 0 Å². The highest BCUT2D eigenvalue weighted by Crippen LogP contribution is 2.31. The number of phenolic OH excluding ortho intramolecular Hbond substituents is 1. The summed E-state index contributed by atoms with van der Waals surface area (Å²) >= 11 is 0. The van der Waals surface area contributed by atoms with Crippen LogP contribution in [0.25, 0.3) is 0 Å². The van der Waals surface area contributed by atoms with Gasteiger partial charge >= 0.3 is 0 Å². The Morgan fingerprint density at radius 1 is 1.31 bits per heavy atom. The van der Waals surface area contributed by atoms with Gasteiger partial charge in [0.15, 0.2) is 11.5 Å². The molecule has 0 aliphatic carbocycles. The van der Waals surface area contributed by atoms with Gasteiger partial charge in [-0.1, -0.05) is 0 Å². The predicted octanol–water partition coefficient (Wildman–Crippen LogP) is 1.86. The van der Waals surface area contributed by atoms with Crippen molar-refractivity contribution in [2.45, 2.75) is 13.5 Å². The van der Waals surface area contributed by atoms with Gasteiger partial charge in [-0.05, 0) is 24.6 Å². The zero-order chi connectivity index (χ0) is 9.84. The highest BCUT2D eigenvalue weighted by Gasteiger charge is 2.08. The number of hydrogen-bond donors (Lipinski definition) is 1. The molecule has 1 aromatic rings. The quantitative estimate of drug-likeness (QED) is 0.775. The Balaban J connectivity index is 3.11. The van der Waals surface area contributed by atoms with Gasteiger partial charge in [0.25, 0.3) is 0 Å². The third-order valence-corrected chi connectivity index (χ3v) is 1.82. The summed E-state index contributed by atoms with van der Waals surface area (Å²) in [4.78, 5) is 0. The average Bonchev–Trinajstić information content (AvgIpc) is 2.11. The number of rotatable bonds is 3. The van der Waals surface area contributed by atoms with Gasteiger partial charge in [-0.3, -0.25) is 0 Å². The fraction of sp³-hybridized carbons (Fsp3) is 0.400. The van der Waals surface area contributed by atoms with Crippen molar-refractivity contribution < 1.29 is 14.6 Å². The van der Waals surface area contributed by atoms with Crippen molar-refractivity contribution in [1.82, 2.24) is 0 Å². The van der Waals surface area contributed by atoms with Crippen molar-refractivity contribution in [3.05, 3.63) is 23.3 Å². The van der Waals surface area contributed by atoms with Gasteiger partial charge in [0.1, 0.15) is 0 Å². The van der Waals surface area contributed by atoms with Crippen LogP contribution in [0.15, 0.2) is 12.1 Å². The third kappa shape index (κ3) is 2.12. The first-order valence-electron chi connectivity index (χ1n) is 4.04. The van der Waals surface area contributed by atoms with E-state index < -0.39 is 0 Å². The van der Waals surface area contributed by atoms with Gasteiger partial charge in [-0.15, -0.1) is 0 Å². The maximum atomic E-state index is 9.64. The van der Waals surface area contributed by atoms with Crippen LogP contribution in [0.1, 0.15) is 11.1 Å². The van der Waals surface area contributed by atoms with E-state index in [4.69, 9.17) is 9.47 Å². The first-order chi connectivity index (χ1) is 6.19. The predicted molar refractivity (Wildman–Crippen MR) is 50.1 cm³/mol. The van der Waals surface area contributed by atoms with Crippen molar-refractivity contribution in [3.63, 3.8) is 0 Å². The Morgan fingerprint density at radius 3 is 2.54 bits per heavy atom. The molecule has 72 valence electrons. The van der Waals surface area contributed by atoms with Crippen LogP contribution >= 0.6 is 0 Å². The maximum absolute atomic E-state index is 9.64. The number of hydrogen-bond acceptors (Lipinski definition) is 3. The number of benzene rings is 1. The van der Waals surface area contributed by atoms with Crippen LogP contribution in [0.4, 0.5) is 0 Å². The molecule has 0 aliphatic rings. The summed E-state index contributed by atoms with van der Waals surface area (Å²) in [7, 11) is 3.12. The standard InChI is InChI=1S/C10H14O3/c1-7-4-8(6-12-2)10(11)9(5-7)13-3/h4-5,11H,6H2,1-3H3. The molecule has 0 unspecified atom stereocenters. The second-order valence-corrected chi connectivity index (χ2v) is 2.91. The van der Waals surface area contributed by atoms with Crippen molar-refractivity contribution in [1.29, 1.82) is 0 Å². The Bertz CT molecular complexity index is 294. The van der Waals surface area contributed by atoms with Crippen LogP contribution in [0.5, 0.6) is 11.5 Å². The molecule has 0 heterocycles. The number of methoxy groups -OCH3 is 2. The molecule has 0 saturated carbocycles. The summed E-state index contributed by atoms with van der Waals surface area (Å²) in [6.07, 6.45) is 0. The van der Waals surface area contributed by atoms with E-state index >= 15 is 0 Å². The number of phenols is 1. The van der Waals surface area contributed by atoms with E-state index in [1.54, 1.807) is 13.2 Å². The highest BCUT2D eigenvalue weighted by molar-refractivity contribution is 5.47. The summed E-state index contributed by atoms with van der Waals surface area (Å²) in [6, 6.07) is 3.66. The fourth-order valence-corrected chi connectivity index (χ4v) is 1.24. The molecule has 0 aromatic heterocycles. The topological polar surface area (TPSA) is 38.7 Å². The minimum atomic E-state index is 0.162. The van der Waals surface area contributed by atoms with Gasteiger partial charge in [0.05, 0.1) is 13.7 Å². The first kappa shape index (κ1) is 9.86. The van der Waals surface area contributed by atoms with Crippen molar-refractivity contribution in [2.75, 3.05) is 14.2 Å². The van der Waals surface area contributed by atoms with E-state index in [9.17, 15) is 5.11 Å². The van der Waals surface area contributed by atoms with E-state index in [2.05, 4.69) is 0 Å². The van der Waals surface area contributed by atoms with Crippen LogP contribution < -0.4 is 4.74 Å². The molecular weight excluding hydrogens is 168 g/mol. The molecule has 0 atom stereocenters. The minimum Gasteiger partial charge on any atom is -0.504 e. The molecule has 0 amide bonds. The average molecular weight is 182 g/mol. The lowest BCUT2D eigenvalue weighted by Crippen LogP contribution is -1.93. The van der Waals surface area contributed by atoms with E-state index in [0.29, 0.717) is 12.4 Å². The molecule has 13 heavy (non-hydrogen) atoms. The summed E-state index contributed by atoms with van der Waals surface area (Å²) in [5.41, 5.74) is 1.79. The zero-order valence-corrected chi connectivity index (χ0v) is 8.13. The second-order valence-electron chi connectivity index (χ2n) is 2.91. The van der Waals surface area contributed by atoms with E-state index in [1.165, 1.54) is 7.11 Å². The number of ether oxygens (including phenoxy) is 2. The molecule has 0 bridgehead atoms. The van der Waals surface area contributed by atoms with Crippen LogP contribution in [0, 0.1) is 6.92 Å². The van der Waals surface area contributed by atoms with Crippen LogP contribution in [0.2, 0.25) is 0 Å². The monoisotopic (exact) mass is 182 g/mol. The third-order valence-electron chi connectivity index (χ3n) is 1.82. The normalized spacial score (nSPS) is 10.1. The Hall–Kier alpha value is -1.22. The molecule has 0 aliphatic heterocycles. The molecule has 1 rings (SSSR count). The second kappa shape index (κ2) is 4.14. The van der Waals surface area contributed by atoms with Gasteiger partial charge in [0, 0.05) is 12.7 Å². The lowest BCUT2D eigenvalue weighted by molar-refractivity contribution is 0.181. The SMILES string of the molecule is COCc1cc(C)cc(OC)c1O. The lowest BCUT2D eigenvalue weighted by Gasteiger charge is -2.09. The van der Waals surface area contributed by atoms with Crippen molar-refractivity contribution >= 4 is 0 Å². The maximum Gasteiger partial charge on any atom is 0.163 e. The summed E-state index contributed by atoms with van der Waals surface area (Å²) in [6.45, 7) is 2.34. The zero-order valence-electron chi connectivity index (χ0n) is 8.13. The van der Waals surface area contributed by atoms with Crippen molar-refractivity contribution in [2.24, 2.45) is 0 Å². The summed E-state index contributed by atoms with van der Waals surface area (Å²) in [5.74, 6) is 0.655. The molecule has 3 heteroatoms. The minimum absolute atomic E-state index is 0.162. The molecule has 3 nitrogen and oxygen atoms in total. The molecule has 0 saturated heterocycles. The highest BCUT2D eigenvalue weighted by atomic mass is 16.5. The fourth-order valence-electron chi connectivity index (χ4n) is 1.24.